The van der Waals surface area contributed by atoms with Crippen LogP contribution in [0, 0.1) is 29.9 Å². The summed E-state index contributed by atoms with van der Waals surface area (Å²) in [6.45, 7) is 6.30. The van der Waals surface area contributed by atoms with Gasteiger partial charge in [-0.3, -0.25) is 10.1 Å². The third-order valence-electron chi connectivity index (χ3n) is 3.12. The van der Waals surface area contributed by atoms with Gasteiger partial charge < -0.3 is 4.74 Å². The molecule has 0 saturated heterocycles. The molecule has 0 aliphatic rings. The zero-order chi connectivity index (χ0) is 14.4. The highest BCUT2D eigenvalue weighted by Crippen LogP contribution is 2.28. The summed E-state index contributed by atoms with van der Waals surface area (Å²) in [6.07, 6.45) is 2.18. The first kappa shape index (κ1) is 15.8. The Morgan fingerprint density at radius 3 is 2.58 bits per heavy atom. The maximum Gasteiger partial charge on any atom is 0.272 e. The first-order valence-corrected chi connectivity index (χ1v) is 7.12. The van der Waals surface area contributed by atoms with Gasteiger partial charge in [0.25, 0.3) is 5.69 Å². The van der Waals surface area contributed by atoms with Crippen LogP contribution in [0.5, 0.6) is 5.75 Å². The second-order valence-electron chi connectivity index (χ2n) is 4.81. The van der Waals surface area contributed by atoms with Gasteiger partial charge >= 0.3 is 0 Å². The average Bonchev–Trinajstić information content (AvgIpc) is 2.37. The van der Waals surface area contributed by atoms with Gasteiger partial charge in [0.15, 0.2) is 0 Å². The molecule has 19 heavy (non-hydrogen) atoms. The van der Waals surface area contributed by atoms with E-state index in [2.05, 4.69) is 19.6 Å². The Morgan fingerprint density at radius 2 is 2.05 bits per heavy atom. The summed E-state index contributed by atoms with van der Waals surface area (Å²) in [6, 6.07) is 3.31. The number of hydrogen-bond donors (Lipinski definition) is 1. The number of benzene rings is 1. The number of nitro benzene ring substituents is 1. The summed E-state index contributed by atoms with van der Waals surface area (Å²) in [5, 5.41) is 10.8. The largest absolute Gasteiger partial charge is 0.493 e. The number of nitro groups is 1. The van der Waals surface area contributed by atoms with Gasteiger partial charge in [0.1, 0.15) is 5.75 Å². The second-order valence-corrected chi connectivity index (χ2v) is 5.17. The van der Waals surface area contributed by atoms with Crippen LogP contribution in [0.15, 0.2) is 12.1 Å². The van der Waals surface area contributed by atoms with E-state index in [1.165, 1.54) is 0 Å². The molecule has 5 heteroatoms. The third kappa shape index (κ3) is 4.42. The number of hydrogen-bond acceptors (Lipinski definition) is 4. The molecule has 0 radical (unpaired) electrons. The average molecular weight is 283 g/mol. The van der Waals surface area contributed by atoms with Gasteiger partial charge in [0.2, 0.25) is 0 Å². The lowest BCUT2D eigenvalue weighted by Gasteiger charge is -2.16. The minimum absolute atomic E-state index is 0.143. The van der Waals surface area contributed by atoms with Crippen molar-refractivity contribution in [3.05, 3.63) is 33.4 Å². The van der Waals surface area contributed by atoms with Crippen molar-refractivity contribution in [2.45, 2.75) is 33.6 Å². The van der Waals surface area contributed by atoms with E-state index in [1.807, 2.05) is 6.92 Å². The van der Waals surface area contributed by atoms with E-state index in [1.54, 1.807) is 19.1 Å². The van der Waals surface area contributed by atoms with E-state index in [0.717, 1.165) is 29.9 Å². The van der Waals surface area contributed by atoms with E-state index in [0.29, 0.717) is 18.1 Å². The number of ether oxygens (including phenoxy) is 1. The summed E-state index contributed by atoms with van der Waals surface area (Å²) < 4.78 is 5.79. The fraction of sp³-hybridized carbons (Fsp3) is 0.571. The van der Waals surface area contributed by atoms with Crippen molar-refractivity contribution in [3.8, 4) is 5.75 Å². The lowest BCUT2D eigenvalue weighted by Crippen LogP contribution is -2.14. The third-order valence-corrected chi connectivity index (χ3v) is 3.64. The first-order chi connectivity index (χ1) is 8.99. The zero-order valence-corrected chi connectivity index (χ0v) is 12.6. The highest BCUT2D eigenvalue weighted by molar-refractivity contribution is 7.80. The molecule has 1 unspecified atom stereocenters. The van der Waals surface area contributed by atoms with Crippen LogP contribution in [0.1, 0.15) is 30.9 Å². The van der Waals surface area contributed by atoms with Crippen LogP contribution in [0.2, 0.25) is 0 Å². The van der Waals surface area contributed by atoms with Gasteiger partial charge in [-0.25, -0.2) is 0 Å². The normalized spacial score (nSPS) is 12.2. The van der Waals surface area contributed by atoms with Crippen LogP contribution in [0.3, 0.4) is 0 Å². The van der Waals surface area contributed by atoms with Crippen molar-refractivity contribution in [1.82, 2.24) is 0 Å². The van der Waals surface area contributed by atoms with E-state index in [9.17, 15) is 10.1 Å². The molecule has 0 spiro atoms. The van der Waals surface area contributed by atoms with E-state index >= 15 is 0 Å². The summed E-state index contributed by atoms with van der Waals surface area (Å²) in [4.78, 5) is 10.5. The van der Waals surface area contributed by atoms with Crippen molar-refractivity contribution in [2.75, 3.05) is 12.4 Å². The van der Waals surface area contributed by atoms with Gasteiger partial charge in [-0.2, -0.15) is 12.6 Å². The monoisotopic (exact) mass is 283 g/mol. The summed E-state index contributed by atoms with van der Waals surface area (Å²) >= 11 is 4.32. The number of nitrogens with zero attached hydrogens (tertiary/aromatic N) is 1. The van der Waals surface area contributed by atoms with E-state index in [-0.39, 0.29) is 10.6 Å². The fourth-order valence-corrected chi connectivity index (χ4v) is 2.26. The molecule has 1 aromatic rings. The molecule has 0 N–H and O–H groups in total. The van der Waals surface area contributed by atoms with Crippen LogP contribution in [-0.4, -0.2) is 17.3 Å². The molecule has 0 fully saturated rings. The van der Waals surface area contributed by atoms with Crippen molar-refractivity contribution < 1.29 is 9.66 Å². The minimum Gasteiger partial charge on any atom is -0.493 e. The highest BCUT2D eigenvalue weighted by atomic mass is 32.1. The standard InChI is InChI=1S/C14H21NO3S/c1-4-5-12(9-19)8-18-14-7-10(2)13(15(16)17)6-11(14)3/h6-7,12,19H,4-5,8-9H2,1-3H3. The molecule has 0 amide bonds. The van der Waals surface area contributed by atoms with Gasteiger partial charge in [0.05, 0.1) is 11.5 Å². The van der Waals surface area contributed by atoms with Crippen LogP contribution in [-0.2, 0) is 0 Å². The molecule has 4 nitrogen and oxygen atoms in total. The van der Waals surface area contributed by atoms with Gasteiger partial charge in [-0.15, -0.1) is 0 Å². The number of rotatable bonds is 7. The maximum absolute atomic E-state index is 10.8. The predicted molar refractivity (Wildman–Crippen MR) is 80.3 cm³/mol. The maximum atomic E-state index is 10.8. The van der Waals surface area contributed by atoms with E-state index < -0.39 is 0 Å². The quantitative estimate of drug-likeness (QED) is 0.468. The van der Waals surface area contributed by atoms with Gasteiger partial charge in [-0.05, 0) is 37.7 Å². The molecular formula is C14H21NO3S. The molecule has 0 heterocycles. The Hall–Kier alpha value is -1.23. The molecule has 1 atom stereocenters. The smallest absolute Gasteiger partial charge is 0.272 e. The van der Waals surface area contributed by atoms with Crippen molar-refractivity contribution >= 4 is 18.3 Å². The van der Waals surface area contributed by atoms with Crippen LogP contribution >= 0.6 is 12.6 Å². The molecule has 0 aliphatic heterocycles. The lowest BCUT2D eigenvalue weighted by molar-refractivity contribution is -0.385. The number of thiol groups is 1. The topological polar surface area (TPSA) is 52.4 Å². The van der Waals surface area contributed by atoms with Crippen LogP contribution in [0.25, 0.3) is 0 Å². The molecule has 1 aromatic carbocycles. The predicted octanol–water partition coefficient (Wildman–Crippen LogP) is 3.94. The Labute approximate surface area is 119 Å². The second kappa shape index (κ2) is 7.38. The highest BCUT2D eigenvalue weighted by Gasteiger charge is 2.15. The molecule has 0 bridgehead atoms. The van der Waals surface area contributed by atoms with Gasteiger partial charge in [-0.1, -0.05) is 13.3 Å². The lowest BCUT2D eigenvalue weighted by atomic mass is 10.1. The summed E-state index contributed by atoms with van der Waals surface area (Å²) in [7, 11) is 0. The van der Waals surface area contributed by atoms with Crippen LogP contribution in [0.4, 0.5) is 5.69 Å². The van der Waals surface area contributed by atoms with Crippen molar-refractivity contribution in [3.63, 3.8) is 0 Å². The van der Waals surface area contributed by atoms with Gasteiger partial charge in [0, 0.05) is 17.5 Å². The Bertz CT molecular complexity index is 449. The molecular weight excluding hydrogens is 262 g/mol. The Balaban J connectivity index is 2.79. The summed E-state index contributed by atoms with van der Waals surface area (Å²) in [5.74, 6) is 1.94. The fourth-order valence-electron chi connectivity index (χ4n) is 1.97. The van der Waals surface area contributed by atoms with E-state index in [4.69, 9.17) is 4.74 Å². The number of aryl methyl sites for hydroxylation is 2. The molecule has 106 valence electrons. The van der Waals surface area contributed by atoms with Crippen molar-refractivity contribution in [1.29, 1.82) is 0 Å². The summed E-state index contributed by atoms with van der Waals surface area (Å²) in [5.41, 5.74) is 1.57. The first-order valence-electron chi connectivity index (χ1n) is 6.48. The minimum atomic E-state index is -0.361. The van der Waals surface area contributed by atoms with Crippen molar-refractivity contribution in [2.24, 2.45) is 5.92 Å². The molecule has 0 aromatic heterocycles. The molecule has 1 rings (SSSR count). The SMILES string of the molecule is CCCC(CS)COc1cc(C)c([N+](=O)[O-])cc1C. The van der Waals surface area contributed by atoms with Crippen LogP contribution < -0.4 is 4.74 Å². The molecule has 0 saturated carbocycles. The Morgan fingerprint density at radius 1 is 1.37 bits per heavy atom. The molecule has 0 aliphatic carbocycles. The Kier molecular flexibility index (Phi) is 6.15. The zero-order valence-electron chi connectivity index (χ0n) is 11.7.